The lowest BCUT2D eigenvalue weighted by atomic mass is 9.99. The Morgan fingerprint density at radius 3 is 1.98 bits per heavy atom. The topological polar surface area (TPSA) is 193 Å². The van der Waals surface area contributed by atoms with Crippen molar-refractivity contribution in [2.45, 2.75) is 73.0 Å². The zero-order valence-corrected chi connectivity index (χ0v) is 27.3. The summed E-state index contributed by atoms with van der Waals surface area (Å²) in [6, 6.07) is 1.32. The van der Waals surface area contributed by atoms with Crippen molar-refractivity contribution in [3.63, 3.8) is 0 Å². The molecule has 4 atom stereocenters. The van der Waals surface area contributed by atoms with Crippen LogP contribution < -0.4 is 11.0 Å². The van der Waals surface area contributed by atoms with E-state index in [1.54, 1.807) is 41.5 Å². The number of hydrogen-bond donors (Lipinski definition) is 3. The standard InChI is InChI=1S/C25H40N3O11PS2/c1-15(29)26-17-8-9-28(23(34)27-17)20-19(31)18(30)16(39-20)14-38-40(35,36-10-12-41-21(32)24(2,3)4)37-11-13-42-22(33)25(5,6)7/h8-9,16,18-20,30-31H,10-14H2,1-7H3,(H,26,27,29,34)/t16-,18-,19+,20-/m1/s1. The lowest BCUT2D eigenvalue weighted by Crippen LogP contribution is -2.36. The first-order chi connectivity index (χ1) is 19.3. The number of nitrogens with one attached hydrogen (secondary N) is 1. The summed E-state index contributed by atoms with van der Waals surface area (Å²) in [7, 11) is -4.28. The summed E-state index contributed by atoms with van der Waals surface area (Å²) in [5, 5.41) is 23.3. The lowest BCUT2D eigenvalue weighted by molar-refractivity contribution is -0.118. The number of phosphoric ester groups is 1. The summed E-state index contributed by atoms with van der Waals surface area (Å²) < 4.78 is 36.2. The van der Waals surface area contributed by atoms with Crippen LogP contribution in [-0.2, 0) is 37.3 Å². The number of phosphoric acid groups is 1. The number of hydrogen-bond acceptors (Lipinski definition) is 14. The van der Waals surface area contributed by atoms with E-state index in [4.69, 9.17) is 18.3 Å². The SMILES string of the molecule is CC(=O)Nc1ccn([C@@H]2O[C@H](COP(=O)(OCCSC(=O)C(C)(C)C)OCCSC(=O)C(C)(C)C)[C@@H](O)[C@@H]2O)c(=O)n1. The molecule has 0 aromatic carbocycles. The van der Waals surface area contributed by atoms with E-state index < -0.39 is 61.4 Å². The van der Waals surface area contributed by atoms with Gasteiger partial charge in [0.25, 0.3) is 0 Å². The molecule has 0 unspecified atom stereocenters. The molecule has 42 heavy (non-hydrogen) atoms. The molecule has 0 spiro atoms. The van der Waals surface area contributed by atoms with E-state index >= 15 is 0 Å². The molecule has 238 valence electrons. The van der Waals surface area contributed by atoms with Crippen LogP contribution in [-0.4, -0.2) is 85.5 Å². The highest BCUT2D eigenvalue weighted by molar-refractivity contribution is 8.14. The highest BCUT2D eigenvalue weighted by atomic mass is 32.2. The minimum Gasteiger partial charge on any atom is -0.387 e. The maximum atomic E-state index is 13.4. The van der Waals surface area contributed by atoms with E-state index in [1.807, 2.05) is 0 Å². The molecule has 2 heterocycles. The van der Waals surface area contributed by atoms with Crippen LogP contribution in [0.4, 0.5) is 5.82 Å². The summed E-state index contributed by atoms with van der Waals surface area (Å²) in [5.74, 6) is -0.107. The third kappa shape index (κ3) is 11.1. The molecule has 17 heteroatoms. The van der Waals surface area contributed by atoms with Gasteiger partial charge in [0, 0.05) is 35.5 Å². The van der Waals surface area contributed by atoms with Gasteiger partial charge in [0.15, 0.2) is 16.5 Å². The molecule has 3 N–H and O–H groups in total. The zero-order valence-electron chi connectivity index (χ0n) is 24.7. The Hall–Kier alpha value is -1.62. The predicted molar refractivity (Wildman–Crippen MR) is 158 cm³/mol. The highest BCUT2D eigenvalue weighted by Crippen LogP contribution is 2.50. The van der Waals surface area contributed by atoms with E-state index in [2.05, 4.69) is 10.3 Å². The Balaban J connectivity index is 2.06. The molecule has 0 saturated carbocycles. The largest absolute Gasteiger partial charge is 0.474 e. The third-order valence-electron chi connectivity index (χ3n) is 5.50. The Morgan fingerprint density at radius 1 is 1.00 bits per heavy atom. The van der Waals surface area contributed by atoms with Crippen LogP contribution in [0, 0.1) is 10.8 Å². The van der Waals surface area contributed by atoms with E-state index in [0.717, 1.165) is 28.1 Å². The van der Waals surface area contributed by atoms with Gasteiger partial charge in [-0.05, 0) is 6.07 Å². The molecule has 1 aliphatic heterocycles. The van der Waals surface area contributed by atoms with Gasteiger partial charge in [0.1, 0.15) is 24.1 Å². The van der Waals surface area contributed by atoms with Crippen LogP contribution in [0.5, 0.6) is 0 Å². The van der Waals surface area contributed by atoms with Crippen LogP contribution in [0.3, 0.4) is 0 Å². The van der Waals surface area contributed by atoms with Gasteiger partial charge in [-0.15, -0.1) is 0 Å². The van der Waals surface area contributed by atoms with Crippen LogP contribution in [0.1, 0.15) is 54.7 Å². The second-order valence-electron chi connectivity index (χ2n) is 11.4. The maximum Gasteiger partial charge on any atom is 0.474 e. The number of ether oxygens (including phenoxy) is 1. The van der Waals surface area contributed by atoms with Crippen LogP contribution in [0.25, 0.3) is 0 Å². The molecule has 1 aliphatic rings. The van der Waals surface area contributed by atoms with Crippen molar-refractivity contribution in [1.29, 1.82) is 0 Å². The Bertz CT molecular complexity index is 1180. The fourth-order valence-electron chi connectivity index (χ4n) is 3.23. The number of nitrogens with zero attached hydrogens (tertiary/aromatic N) is 2. The molecule has 0 aliphatic carbocycles. The average molecular weight is 654 g/mol. The monoisotopic (exact) mass is 653 g/mol. The molecule has 1 amide bonds. The third-order valence-corrected chi connectivity index (χ3v) is 9.45. The highest BCUT2D eigenvalue weighted by Gasteiger charge is 2.45. The number of rotatable bonds is 13. The molecule has 1 aromatic rings. The summed E-state index contributed by atoms with van der Waals surface area (Å²) in [4.78, 5) is 51.7. The van der Waals surface area contributed by atoms with Gasteiger partial charge < -0.3 is 20.3 Å². The normalized spacial score (nSPS) is 21.4. The van der Waals surface area contributed by atoms with Crippen molar-refractivity contribution in [3.05, 3.63) is 22.7 Å². The number of carbonyl (C=O) groups excluding carboxylic acids is 3. The summed E-state index contributed by atoms with van der Waals surface area (Å²) in [5.41, 5.74) is -2.01. The van der Waals surface area contributed by atoms with Gasteiger partial charge in [-0.2, -0.15) is 4.98 Å². The quantitative estimate of drug-likeness (QED) is 0.208. The first kappa shape index (κ1) is 36.6. The fraction of sp³-hybridized carbons (Fsp3) is 0.720. The lowest BCUT2D eigenvalue weighted by Gasteiger charge is -2.22. The van der Waals surface area contributed by atoms with E-state index in [0.29, 0.717) is 0 Å². The molecule has 0 radical (unpaired) electrons. The van der Waals surface area contributed by atoms with Crippen molar-refractivity contribution in [3.8, 4) is 0 Å². The Morgan fingerprint density at radius 2 is 1.52 bits per heavy atom. The number of aromatic nitrogens is 2. The van der Waals surface area contributed by atoms with E-state index in [1.165, 1.54) is 19.2 Å². The molecular weight excluding hydrogens is 613 g/mol. The van der Waals surface area contributed by atoms with Crippen molar-refractivity contribution in [2.24, 2.45) is 10.8 Å². The molecule has 1 aromatic heterocycles. The van der Waals surface area contributed by atoms with Crippen molar-refractivity contribution < 1.29 is 47.5 Å². The number of amides is 1. The van der Waals surface area contributed by atoms with Gasteiger partial charge >= 0.3 is 13.5 Å². The molecule has 14 nitrogen and oxygen atoms in total. The summed E-state index contributed by atoms with van der Waals surface area (Å²) >= 11 is 2.00. The maximum absolute atomic E-state index is 13.4. The molecule has 0 bridgehead atoms. The van der Waals surface area contributed by atoms with Gasteiger partial charge in [-0.3, -0.25) is 32.5 Å². The summed E-state index contributed by atoms with van der Waals surface area (Å²) in [6.45, 7) is 11.0. The minimum absolute atomic E-state index is 0.00312. The smallest absolute Gasteiger partial charge is 0.387 e. The number of aliphatic hydroxyl groups is 2. The first-order valence-electron chi connectivity index (χ1n) is 13.1. The second kappa shape index (κ2) is 15.4. The van der Waals surface area contributed by atoms with Gasteiger partial charge in [-0.25, -0.2) is 9.36 Å². The molecular formula is C25H40N3O11PS2. The van der Waals surface area contributed by atoms with E-state index in [9.17, 15) is 34.0 Å². The molecule has 1 saturated heterocycles. The Labute approximate surface area is 253 Å². The number of thioether (sulfide) groups is 2. The van der Waals surface area contributed by atoms with Crippen LogP contribution in [0.2, 0.25) is 0 Å². The van der Waals surface area contributed by atoms with Crippen LogP contribution in [0.15, 0.2) is 17.1 Å². The molecule has 2 rings (SSSR count). The number of carbonyl (C=O) groups is 3. The van der Waals surface area contributed by atoms with Gasteiger partial charge in [0.2, 0.25) is 5.91 Å². The Kier molecular flexibility index (Phi) is 13.4. The summed E-state index contributed by atoms with van der Waals surface area (Å²) in [6.07, 6.45) is -4.51. The number of anilines is 1. The average Bonchev–Trinajstić information content (AvgIpc) is 3.15. The predicted octanol–water partition coefficient (Wildman–Crippen LogP) is 2.59. The first-order valence-corrected chi connectivity index (χ1v) is 16.5. The minimum atomic E-state index is -4.28. The van der Waals surface area contributed by atoms with Crippen molar-refractivity contribution in [2.75, 3.05) is 36.6 Å². The van der Waals surface area contributed by atoms with Gasteiger partial charge in [-0.1, -0.05) is 65.1 Å². The van der Waals surface area contributed by atoms with Crippen molar-refractivity contribution >= 4 is 53.3 Å². The fourth-order valence-corrected chi connectivity index (χ4v) is 6.23. The second-order valence-corrected chi connectivity index (χ2v) is 15.2. The number of aliphatic hydroxyl groups excluding tert-OH is 2. The van der Waals surface area contributed by atoms with E-state index in [-0.39, 0.29) is 40.8 Å². The molecule has 1 fully saturated rings. The van der Waals surface area contributed by atoms with Crippen molar-refractivity contribution in [1.82, 2.24) is 9.55 Å². The van der Waals surface area contributed by atoms with Gasteiger partial charge in [0.05, 0.1) is 19.8 Å². The zero-order chi connectivity index (χ0) is 31.9. The van der Waals surface area contributed by atoms with Crippen LogP contribution >= 0.6 is 31.3 Å².